The summed E-state index contributed by atoms with van der Waals surface area (Å²) >= 11 is 0. The molecular weight excluding hydrogens is 260 g/mol. The number of tetrazole rings is 1. The van der Waals surface area contributed by atoms with Crippen molar-refractivity contribution >= 4 is 11.5 Å². The predicted molar refractivity (Wildman–Crippen MR) is 57.2 cm³/mol. The van der Waals surface area contributed by atoms with Crippen LogP contribution in [0.5, 0.6) is 0 Å². The molecule has 0 radical (unpaired) electrons. The van der Waals surface area contributed by atoms with E-state index in [0.717, 1.165) is 4.52 Å². The molecule has 0 spiro atoms. The summed E-state index contributed by atoms with van der Waals surface area (Å²) in [5, 5.41) is 27.0. The quantitative estimate of drug-likeness (QED) is 0.694. The highest BCUT2D eigenvalue weighted by atomic mass is 19.3. The predicted octanol–water partition coefficient (Wildman–Crippen LogP) is 0.187. The van der Waals surface area contributed by atoms with Crippen molar-refractivity contribution in [1.82, 2.24) is 40.4 Å². The molecule has 0 saturated carbocycles. The highest BCUT2D eigenvalue weighted by Crippen LogP contribution is 2.17. The molecule has 9 nitrogen and oxygen atoms in total. The van der Waals surface area contributed by atoms with Gasteiger partial charge in [0.25, 0.3) is 6.43 Å². The number of fused-ring (bicyclic) bond motifs is 1. The second kappa shape index (κ2) is 4.51. The number of hydrogen-bond donors (Lipinski definition) is 2. The molecule has 3 heterocycles. The van der Waals surface area contributed by atoms with Crippen LogP contribution in [0.1, 0.15) is 18.1 Å². The van der Waals surface area contributed by atoms with E-state index in [2.05, 4.69) is 41.2 Å². The summed E-state index contributed by atoms with van der Waals surface area (Å²) < 4.78 is 26.3. The Bertz CT molecular complexity index is 677. The number of H-pyrrole nitrogens is 1. The van der Waals surface area contributed by atoms with E-state index in [1.165, 1.54) is 6.07 Å². The van der Waals surface area contributed by atoms with Gasteiger partial charge in [-0.25, -0.2) is 8.78 Å². The third kappa shape index (κ3) is 2.17. The zero-order valence-electron chi connectivity index (χ0n) is 9.33. The largest absolute Gasteiger partial charge is 0.361 e. The van der Waals surface area contributed by atoms with E-state index in [4.69, 9.17) is 0 Å². The molecule has 3 rings (SSSR count). The van der Waals surface area contributed by atoms with Gasteiger partial charge in [0.15, 0.2) is 11.5 Å². The second-order valence-corrected chi connectivity index (χ2v) is 3.53. The summed E-state index contributed by atoms with van der Waals surface area (Å²) in [6.45, 7) is 0.265. The van der Waals surface area contributed by atoms with Crippen molar-refractivity contribution in [2.45, 2.75) is 13.0 Å². The van der Waals surface area contributed by atoms with Gasteiger partial charge in [0.2, 0.25) is 5.82 Å². The Hall–Kier alpha value is -2.72. The minimum atomic E-state index is -2.74. The molecule has 3 aromatic rings. The fourth-order valence-corrected chi connectivity index (χ4v) is 1.46. The van der Waals surface area contributed by atoms with Gasteiger partial charge in [-0.05, 0) is 12.1 Å². The third-order valence-electron chi connectivity index (χ3n) is 2.30. The lowest BCUT2D eigenvalue weighted by atomic mass is 10.5. The van der Waals surface area contributed by atoms with Gasteiger partial charge in [-0.2, -0.15) is 9.73 Å². The summed E-state index contributed by atoms with van der Waals surface area (Å²) in [6.07, 6.45) is -2.74. The second-order valence-electron chi connectivity index (χ2n) is 3.53. The van der Waals surface area contributed by atoms with Gasteiger partial charge in [0, 0.05) is 0 Å². The van der Waals surface area contributed by atoms with Crippen LogP contribution in [0.4, 0.5) is 14.6 Å². The number of alkyl halides is 2. The summed E-state index contributed by atoms with van der Waals surface area (Å²) in [4.78, 5) is 0. The molecule has 19 heavy (non-hydrogen) atoms. The van der Waals surface area contributed by atoms with Gasteiger partial charge in [0.1, 0.15) is 5.82 Å². The highest BCUT2D eigenvalue weighted by Gasteiger charge is 2.16. The average molecular weight is 267 g/mol. The van der Waals surface area contributed by atoms with E-state index in [-0.39, 0.29) is 12.2 Å². The number of rotatable bonds is 4. The number of hydrogen-bond acceptors (Lipinski definition) is 7. The Morgan fingerprint density at radius 1 is 1.26 bits per heavy atom. The molecule has 0 aliphatic rings. The van der Waals surface area contributed by atoms with Gasteiger partial charge >= 0.3 is 0 Å². The van der Waals surface area contributed by atoms with Crippen LogP contribution >= 0.6 is 0 Å². The number of aromatic nitrogens is 8. The number of aromatic amines is 1. The monoisotopic (exact) mass is 267 g/mol. The molecule has 0 bridgehead atoms. The summed E-state index contributed by atoms with van der Waals surface area (Å²) in [5.74, 6) is 0.303. The molecular formula is C8H7F2N9. The Morgan fingerprint density at radius 2 is 2.16 bits per heavy atom. The molecule has 0 aromatic carbocycles. The summed E-state index contributed by atoms with van der Waals surface area (Å²) in [7, 11) is 0. The molecule has 0 atom stereocenters. The molecule has 0 amide bonds. The van der Waals surface area contributed by atoms with Gasteiger partial charge in [-0.1, -0.05) is 5.21 Å². The van der Waals surface area contributed by atoms with Crippen molar-refractivity contribution < 1.29 is 8.78 Å². The number of anilines is 1. The van der Waals surface area contributed by atoms with E-state index in [9.17, 15) is 8.78 Å². The van der Waals surface area contributed by atoms with Crippen molar-refractivity contribution in [3.8, 4) is 0 Å². The minimum Gasteiger partial charge on any atom is -0.361 e. The summed E-state index contributed by atoms with van der Waals surface area (Å²) in [5.41, 5.74) is 0.250. The standard InChI is InChI=1S/C8H7F2N9/c9-7(10)8-15-14-6-2-1-4(16-19(6)8)11-3-5-12-17-18-13-5/h1-2,7H,3H2,(H,11,16)(H,12,13,17,18). The van der Waals surface area contributed by atoms with Crippen molar-refractivity contribution in [3.05, 3.63) is 23.8 Å². The van der Waals surface area contributed by atoms with E-state index in [0.29, 0.717) is 11.6 Å². The van der Waals surface area contributed by atoms with Crippen LogP contribution in [-0.4, -0.2) is 40.4 Å². The van der Waals surface area contributed by atoms with Gasteiger partial charge in [-0.3, -0.25) is 0 Å². The molecule has 0 unspecified atom stereocenters. The van der Waals surface area contributed by atoms with Gasteiger partial charge in [-0.15, -0.1) is 25.5 Å². The maximum atomic E-state index is 12.7. The smallest absolute Gasteiger partial charge is 0.299 e. The topological polar surface area (TPSA) is 110 Å². The maximum absolute atomic E-state index is 12.7. The molecule has 0 saturated heterocycles. The SMILES string of the molecule is FC(F)c1nnc2ccc(NCc3nn[nH]n3)nn12. The first-order valence-corrected chi connectivity index (χ1v) is 5.21. The molecule has 11 heteroatoms. The van der Waals surface area contributed by atoms with E-state index in [1.807, 2.05) is 0 Å². The van der Waals surface area contributed by atoms with Crippen LogP contribution in [0.25, 0.3) is 5.65 Å². The first-order valence-electron chi connectivity index (χ1n) is 5.21. The van der Waals surface area contributed by atoms with Crippen LogP contribution in [0.15, 0.2) is 12.1 Å². The van der Waals surface area contributed by atoms with E-state index >= 15 is 0 Å². The lowest BCUT2D eigenvalue weighted by molar-refractivity contribution is 0.137. The fourth-order valence-electron chi connectivity index (χ4n) is 1.46. The van der Waals surface area contributed by atoms with Crippen LogP contribution in [0.3, 0.4) is 0 Å². The molecule has 3 aromatic heterocycles. The van der Waals surface area contributed by atoms with Crippen LogP contribution in [0, 0.1) is 0 Å². The van der Waals surface area contributed by atoms with E-state index < -0.39 is 12.2 Å². The van der Waals surface area contributed by atoms with Crippen molar-refractivity contribution in [3.63, 3.8) is 0 Å². The number of halogens is 2. The lowest BCUT2D eigenvalue weighted by Gasteiger charge is -2.03. The Labute approximate surface area is 104 Å². The third-order valence-corrected chi connectivity index (χ3v) is 2.30. The Morgan fingerprint density at radius 3 is 2.89 bits per heavy atom. The maximum Gasteiger partial charge on any atom is 0.299 e. The van der Waals surface area contributed by atoms with Crippen LogP contribution < -0.4 is 5.32 Å². The average Bonchev–Trinajstić information content (AvgIpc) is 3.05. The normalized spacial score (nSPS) is 11.3. The van der Waals surface area contributed by atoms with E-state index in [1.54, 1.807) is 6.07 Å². The number of nitrogens with one attached hydrogen (secondary N) is 2. The summed E-state index contributed by atoms with van der Waals surface area (Å²) in [6, 6.07) is 3.13. The van der Waals surface area contributed by atoms with Crippen molar-refractivity contribution in [2.24, 2.45) is 0 Å². The van der Waals surface area contributed by atoms with Crippen molar-refractivity contribution in [1.29, 1.82) is 0 Å². The fraction of sp³-hybridized carbons (Fsp3) is 0.250. The zero-order chi connectivity index (χ0) is 13.2. The first-order chi connectivity index (χ1) is 9.24. The Kier molecular flexibility index (Phi) is 2.70. The highest BCUT2D eigenvalue weighted by molar-refractivity contribution is 5.44. The Balaban J connectivity index is 1.86. The lowest BCUT2D eigenvalue weighted by Crippen LogP contribution is -2.07. The van der Waals surface area contributed by atoms with Gasteiger partial charge < -0.3 is 5.32 Å². The molecule has 0 aliphatic heterocycles. The van der Waals surface area contributed by atoms with Crippen LogP contribution in [0.2, 0.25) is 0 Å². The first kappa shape index (κ1) is 11.4. The van der Waals surface area contributed by atoms with Gasteiger partial charge in [0.05, 0.1) is 6.54 Å². The number of nitrogens with zero attached hydrogens (tertiary/aromatic N) is 7. The molecule has 98 valence electrons. The molecule has 0 aliphatic carbocycles. The van der Waals surface area contributed by atoms with Crippen LogP contribution in [-0.2, 0) is 6.54 Å². The molecule has 2 N–H and O–H groups in total. The van der Waals surface area contributed by atoms with Crippen molar-refractivity contribution in [2.75, 3.05) is 5.32 Å². The minimum absolute atomic E-state index is 0.250. The zero-order valence-corrected chi connectivity index (χ0v) is 9.33. The molecule has 0 fully saturated rings.